The molecule has 1 saturated heterocycles. The molecule has 1 saturated carbocycles. The largest absolute Gasteiger partial charge is 0.504 e. The summed E-state index contributed by atoms with van der Waals surface area (Å²) in [6.45, 7) is 4.87. The van der Waals surface area contributed by atoms with Crippen molar-refractivity contribution in [3.63, 3.8) is 0 Å². The van der Waals surface area contributed by atoms with Gasteiger partial charge in [0.15, 0.2) is 23.4 Å². The topological polar surface area (TPSA) is 59.0 Å². The molecule has 0 amide bonds. The van der Waals surface area contributed by atoms with Crippen LogP contribution in [0.2, 0.25) is 0 Å². The summed E-state index contributed by atoms with van der Waals surface area (Å²) in [6, 6.07) is 14.6. The molecule has 5 heteroatoms. The van der Waals surface area contributed by atoms with Crippen molar-refractivity contribution >= 4 is 5.78 Å². The molecule has 174 valence electrons. The van der Waals surface area contributed by atoms with Crippen LogP contribution in [0.5, 0.6) is 11.5 Å². The molecule has 0 radical (unpaired) electrons. The molecule has 2 aromatic carbocycles. The van der Waals surface area contributed by atoms with Gasteiger partial charge >= 0.3 is 0 Å². The Morgan fingerprint density at radius 1 is 1.18 bits per heavy atom. The first-order valence-electron chi connectivity index (χ1n) is 12.6. The monoisotopic (exact) mass is 447 g/mol. The maximum atomic E-state index is 13.2. The van der Waals surface area contributed by atoms with Gasteiger partial charge in [-0.1, -0.05) is 43.3 Å². The molecule has 1 spiro atoms. The minimum atomic E-state index is -0.547. The summed E-state index contributed by atoms with van der Waals surface area (Å²) in [5, 5.41) is 10.7. The van der Waals surface area contributed by atoms with E-state index >= 15 is 0 Å². The molecule has 4 atom stereocenters. The van der Waals surface area contributed by atoms with Crippen molar-refractivity contribution in [3.8, 4) is 11.5 Å². The van der Waals surface area contributed by atoms with Gasteiger partial charge in [-0.05, 0) is 68.8 Å². The van der Waals surface area contributed by atoms with Crippen LogP contribution in [0.4, 0.5) is 0 Å². The summed E-state index contributed by atoms with van der Waals surface area (Å²) < 4.78 is 13.3. The lowest BCUT2D eigenvalue weighted by Gasteiger charge is -2.64. The molecule has 2 heterocycles. The average molecular weight is 448 g/mol. The average Bonchev–Trinajstić information content (AvgIpc) is 3.19. The molecule has 6 rings (SSSR count). The fourth-order valence-electron chi connectivity index (χ4n) is 7.41. The number of likely N-dealkylation sites (tertiary alicyclic amines) is 1. The van der Waals surface area contributed by atoms with Crippen molar-refractivity contribution in [2.75, 3.05) is 19.7 Å². The van der Waals surface area contributed by atoms with Crippen LogP contribution in [-0.2, 0) is 27.8 Å². The third-order valence-corrected chi connectivity index (χ3v) is 8.65. The van der Waals surface area contributed by atoms with E-state index in [0.717, 1.165) is 57.2 Å². The molecule has 2 aliphatic carbocycles. The lowest BCUT2D eigenvalue weighted by atomic mass is 9.48. The number of phenols is 1. The van der Waals surface area contributed by atoms with E-state index in [-0.39, 0.29) is 17.6 Å². The number of phenolic OH excluding ortho intramolecular Hbond substituents is 1. The second-order valence-corrected chi connectivity index (χ2v) is 10.2. The predicted octanol–water partition coefficient (Wildman–Crippen LogP) is 4.18. The van der Waals surface area contributed by atoms with E-state index in [2.05, 4.69) is 36.1 Å². The molecular formula is C28H33NO4. The maximum absolute atomic E-state index is 13.2. The zero-order valence-electron chi connectivity index (χ0n) is 19.4. The van der Waals surface area contributed by atoms with Crippen LogP contribution in [-0.4, -0.2) is 53.2 Å². The summed E-state index contributed by atoms with van der Waals surface area (Å²) >= 11 is 0. The van der Waals surface area contributed by atoms with Crippen LogP contribution in [0.15, 0.2) is 42.5 Å². The lowest BCUT2D eigenvalue weighted by molar-refractivity contribution is -0.213. The third kappa shape index (κ3) is 2.88. The first-order chi connectivity index (χ1) is 16.1. The smallest absolute Gasteiger partial charge is 0.174 e. The van der Waals surface area contributed by atoms with Crippen molar-refractivity contribution in [2.24, 2.45) is 0 Å². The highest BCUT2D eigenvalue weighted by Crippen LogP contribution is 2.66. The van der Waals surface area contributed by atoms with Gasteiger partial charge < -0.3 is 14.6 Å². The number of carbonyl (C=O) groups is 1. The molecule has 1 unspecified atom stereocenters. The molecule has 0 aromatic heterocycles. The molecule has 2 bridgehead atoms. The zero-order valence-corrected chi connectivity index (χ0v) is 19.4. The number of rotatable bonds is 7. The maximum Gasteiger partial charge on any atom is 0.174 e. The number of aryl methyl sites for hydroxylation is 1. The van der Waals surface area contributed by atoms with Crippen molar-refractivity contribution in [1.82, 2.24) is 4.90 Å². The molecule has 5 nitrogen and oxygen atoms in total. The molecule has 2 aliphatic heterocycles. The van der Waals surface area contributed by atoms with Crippen LogP contribution in [0.3, 0.4) is 0 Å². The quantitative estimate of drug-likeness (QED) is 0.645. The SMILES string of the molecule is CCCN1CC[C@]23c4c5ccc(O)c4OC2C(=O)CC[C@@]3(OCCCc2ccccc2)[C@H]1C5. The first-order valence-corrected chi connectivity index (χ1v) is 12.6. The summed E-state index contributed by atoms with van der Waals surface area (Å²) in [5.41, 5.74) is 2.66. The van der Waals surface area contributed by atoms with Crippen LogP contribution >= 0.6 is 0 Å². The molecule has 33 heavy (non-hydrogen) atoms. The van der Waals surface area contributed by atoms with E-state index < -0.39 is 17.1 Å². The second-order valence-electron chi connectivity index (χ2n) is 10.2. The Kier molecular flexibility index (Phi) is 5.04. The number of ketones is 1. The Morgan fingerprint density at radius 2 is 2.03 bits per heavy atom. The van der Waals surface area contributed by atoms with Crippen molar-refractivity contribution in [1.29, 1.82) is 0 Å². The van der Waals surface area contributed by atoms with E-state index in [4.69, 9.17) is 9.47 Å². The van der Waals surface area contributed by atoms with Gasteiger partial charge in [-0.15, -0.1) is 0 Å². The minimum absolute atomic E-state index is 0.151. The normalized spacial score (nSPS) is 31.8. The molecule has 4 aliphatic rings. The second kappa shape index (κ2) is 7.85. The molecule has 2 fully saturated rings. The van der Waals surface area contributed by atoms with Crippen LogP contribution in [0.25, 0.3) is 0 Å². The van der Waals surface area contributed by atoms with E-state index in [9.17, 15) is 9.90 Å². The summed E-state index contributed by atoms with van der Waals surface area (Å²) in [7, 11) is 0. The number of hydrogen-bond acceptors (Lipinski definition) is 5. The van der Waals surface area contributed by atoms with Crippen LogP contribution in [0.1, 0.15) is 55.7 Å². The number of ether oxygens (including phenoxy) is 2. The Morgan fingerprint density at radius 3 is 2.85 bits per heavy atom. The zero-order chi connectivity index (χ0) is 22.6. The van der Waals surface area contributed by atoms with Gasteiger partial charge in [0, 0.05) is 24.6 Å². The fraction of sp³-hybridized carbons (Fsp3) is 0.536. The third-order valence-electron chi connectivity index (χ3n) is 8.65. The highest BCUT2D eigenvalue weighted by molar-refractivity contribution is 5.90. The molecule has 2 aromatic rings. The number of hydrogen-bond donors (Lipinski definition) is 1. The van der Waals surface area contributed by atoms with Crippen molar-refractivity contribution in [2.45, 2.75) is 75.0 Å². The Hall–Kier alpha value is -2.37. The van der Waals surface area contributed by atoms with Gasteiger partial charge in [-0.3, -0.25) is 9.69 Å². The van der Waals surface area contributed by atoms with E-state index in [1.165, 1.54) is 11.1 Å². The molecule has 1 N–H and O–H groups in total. The van der Waals surface area contributed by atoms with Gasteiger partial charge in [-0.2, -0.15) is 0 Å². The highest BCUT2D eigenvalue weighted by atomic mass is 16.5. The number of nitrogens with zero attached hydrogens (tertiary/aromatic N) is 1. The Labute approximate surface area is 195 Å². The summed E-state index contributed by atoms with van der Waals surface area (Å²) in [6.07, 6.45) is 5.41. The van der Waals surface area contributed by atoms with Gasteiger partial charge in [-0.25, -0.2) is 0 Å². The predicted molar refractivity (Wildman–Crippen MR) is 126 cm³/mol. The fourth-order valence-corrected chi connectivity index (χ4v) is 7.41. The first kappa shape index (κ1) is 21.2. The molecular weight excluding hydrogens is 414 g/mol. The minimum Gasteiger partial charge on any atom is -0.504 e. The number of aromatic hydroxyl groups is 1. The van der Waals surface area contributed by atoms with Gasteiger partial charge in [0.25, 0.3) is 0 Å². The van der Waals surface area contributed by atoms with Gasteiger partial charge in [0.2, 0.25) is 0 Å². The van der Waals surface area contributed by atoms with E-state index in [1.807, 2.05) is 12.1 Å². The number of benzene rings is 2. The highest BCUT2D eigenvalue weighted by Gasteiger charge is 2.74. The van der Waals surface area contributed by atoms with Gasteiger partial charge in [0.1, 0.15) is 0 Å². The number of piperidine rings is 1. The Bertz CT molecular complexity index is 1070. The van der Waals surface area contributed by atoms with Crippen LogP contribution in [0, 0.1) is 0 Å². The van der Waals surface area contributed by atoms with Crippen molar-refractivity contribution in [3.05, 3.63) is 59.2 Å². The standard InChI is InChI=1S/C28H33NO4/c1-2-15-29-16-14-27-24-20-10-11-21(30)25(24)33-26(27)22(31)12-13-28(27,23(29)18-20)32-17-6-9-19-7-4-3-5-8-19/h3-5,7-8,10-11,23,26,30H,2,6,9,12-18H2,1H3/t23-,26?,27+,28-/m1/s1. The lowest BCUT2D eigenvalue weighted by Crippen LogP contribution is -2.77. The Balaban J connectivity index is 1.40. The number of carbonyl (C=O) groups excluding carboxylic acids is 1. The summed E-state index contributed by atoms with van der Waals surface area (Å²) in [4.78, 5) is 15.8. The van der Waals surface area contributed by atoms with Crippen molar-refractivity contribution < 1.29 is 19.4 Å². The number of Topliss-reactive ketones (excluding diaryl/α,β-unsaturated/α-hetero) is 1. The van der Waals surface area contributed by atoms with Gasteiger partial charge in [0.05, 0.1) is 11.0 Å². The van der Waals surface area contributed by atoms with E-state index in [1.54, 1.807) is 6.07 Å². The van der Waals surface area contributed by atoms with E-state index in [0.29, 0.717) is 18.8 Å². The van der Waals surface area contributed by atoms with Crippen LogP contribution < -0.4 is 4.74 Å². The summed E-state index contributed by atoms with van der Waals surface area (Å²) in [5.74, 6) is 0.842.